The van der Waals surface area contributed by atoms with Gasteiger partial charge in [-0.3, -0.25) is 14.5 Å². The fourth-order valence-electron chi connectivity index (χ4n) is 3.04. The molecule has 0 aromatic rings. The first-order chi connectivity index (χ1) is 10.5. The Morgan fingerprint density at radius 2 is 1.33 bits per heavy atom. The van der Waals surface area contributed by atoms with Crippen LogP contribution in [0.2, 0.25) is 0 Å². The maximum atomic E-state index is 12.0. The average molecular weight is 344 g/mol. The van der Waals surface area contributed by atoms with E-state index >= 15 is 0 Å². The van der Waals surface area contributed by atoms with Crippen LogP contribution in [0.5, 0.6) is 0 Å². The summed E-state index contributed by atoms with van der Waals surface area (Å²) >= 11 is 0. The fraction of sp³-hybridized carbons (Fsp3) is 0.824. The second-order valence-corrected chi connectivity index (χ2v) is 8.58. The topological polar surface area (TPSA) is 107 Å². The highest BCUT2D eigenvalue weighted by Crippen LogP contribution is 2.29. The van der Waals surface area contributed by atoms with Crippen LogP contribution >= 0.6 is 0 Å². The lowest BCUT2D eigenvalue weighted by Crippen LogP contribution is -2.60. The molecule has 0 saturated heterocycles. The predicted molar refractivity (Wildman–Crippen MR) is 91.9 cm³/mol. The van der Waals surface area contributed by atoms with Gasteiger partial charge in [0.25, 0.3) is 0 Å². The molecule has 0 heterocycles. The van der Waals surface area contributed by atoms with Crippen molar-refractivity contribution in [2.24, 2.45) is 0 Å². The van der Waals surface area contributed by atoms with Crippen molar-refractivity contribution in [1.82, 2.24) is 10.2 Å². The van der Waals surface area contributed by atoms with Crippen molar-refractivity contribution in [2.45, 2.75) is 90.9 Å². The molecule has 7 nitrogen and oxygen atoms in total. The standard InChI is InChI=1S/C17H32N2O5/c1-15(2,3)19(16(4,5)6)11(13(21)22)9-10-12(20)18-17(7,8)14(23)24/h11H,9-10H2,1-8H3,(H,18,20)(H,21,22)(H,23,24)/t11-/m0/s1. The van der Waals surface area contributed by atoms with Crippen molar-refractivity contribution in [1.29, 1.82) is 0 Å². The zero-order valence-electron chi connectivity index (χ0n) is 16.1. The number of carbonyl (C=O) groups is 3. The van der Waals surface area contributed by atoms with Gasteiger partial charge in [-0.25, -0.2) is 4.79 Å². The molecule has 7 heteroatoms. The lowest BCUT2D eigenvalue weighted by Gasteiger charge is -2.48. The molecule has 0 aliphatic rings. The summed E-state index contributed by atoms with van der Waals surface area (Å²) in [5, 5.41) is 21.1. The summed E-state index contributed by atoms with van der Waals surface area (Å²) in [7, 11) is 0. The van der Waals surface area contributed by atoms with E-state index < -0.39 is 40.5 Å². The normalized spacial score (nSPS) is 14.4. The van der Waals surface area contributed by atoms with Gasteiger partial charge in [-0.2, -0.15) is 0 Å². The molecule has 0 radical (unpaired) electrons. The molecule has 0 fully saturated rings. The minimum atomic E-state index is -1.39. The number of nitrogens with one attached hydrogen (secondary N) is 1. The van der Waals surface area contributed by atoms with E-state index in [1.807, 2.05) is 46.4 Å². The molecule has 0 aliphatic heterocycles. The van der Waals surface area contributed by atoms with Gasteiger partial charge in [0, 0.05) is 17.5 Å². The highest BCUT2D eigenvalue weighted by molar-refractivity contribution is 5.86. The second-order valence-electron chi connectivity index (χ2n) is 8.58. The van der Waals surface area contributed by atoms with Crippen molar-refractivity contribution in [3.05, 3.63) is 0 Å². The van der Waals surface area contributed by atoms with Gasteiger partial charge in [0.2, 0.25) is 5.91 Å². The van der Waals surface area contributed by atoms with E-state index in [9.17, 15) is 19.5 Å². The van der Waals surface area contributed by atoms with E-state index in [4.69, 9.17) is 5.11 Å². The fourth-order valence-corrected chi connectivity index (χ4v) is 3.04. The Morgan fingerprint density at radius 3 is 1.62 bits per heavy atom. The minimum Gasteiger partial charge on any atom is -0.480 e. The number of aliphatic carboxylic acids is 2. The number of carboxylic acid groups (broad SMARTS) is 2. The first-order valence-corrected chi connectivity index (χ1v) is 8.07. The van der Waals surface area contributed by atoms with Gasteiger partial charge in [-0.1, -0.05) is 0 Å². The Labute approximate surface area is 144 Å². The Balaban J connectivity index is 5.21. The number of amides is 1. The van der Waals surface area contributed by atoms with Gasteiger partial charge in [0.15, 0.2) is 0 Å². The predicted octanol–water partition coefficient (Wildman–Crippen LogP) is 2.10. The van der Waals surface area contributed by atoms with Gasteiger partial charge in [-0.05, 0) is 61.8 Å². The van der Waals surface area contributed by atoms with Crippen LogP contribution in [0.15, 0.2) is 0 Å². The lowest BCUT2D eigenvalue weighted by atomic mass is 9.91. The van der Waals surface area contributed by atoms with Crippen molar-refractivity contribution in [3.63, 3.8) is 0 Å². The highest BCUT2D eigenvalue weighted by atomic mass is 16.4. The Bertz CT molecular complexity index is 472. The van der Waals surface area contributed by atoms with Crippen LogP contribution in [0.3, 0.4) is 0 Å². The van der Waals surface area contributed by atoms with E-state index in [1.54, 1.807) is 0 Å². The third-order valence-corrected chi connectivity index (χ3v) is 3.67. The third-order valence-electron chi connectivity index (χ3n) is 3.67. The van der Waals surface area contributed by atoms with Gasteiger partial charge >= 0.3 is 11.9 Å². The smallest absolute Gasteiger partial charge is 0.328 e. The molecule has 24 heavy (non-hydrogen) atoms. The molecular weight excluding hydrogens is 312 g/mol. The third kappa shape index (κ3) is 6.47. The summed E-state index contributed by atoms with van der Waals surface area (Å²) < 4.78 is 0. The summed E-state index contributed by atoms with van der Waals surface area (Å²) in [6.45, 7) is 14.4. The van der Waals surface area contributed by atoms with Crippen LogP contribution in [-0.4, -0.2) is 55.6 Å². The van der Waals surface area contributed by atoms with Gasteiger partial charge < -0.3 is 15.5 Å². The molecule has 0 unspecified atom stereocenters. The quantitative estimate of drug-likeness (QED) is 0.653. The van der Waals surface area contributed by atoms with Crippen molar-refractivity contribution in [3.8, 4) is 0 Å². The van der Waals surface area contributed by atoms with E-state index in [0.29, 0.717) is 0 Å². The van der Waals surface area contributed by atoms with Crippen LogP contribution in [0.1, 0.15) is 68.2 Å². The Morgan fingerprint density at radius 1 is 0.917 bits per heavy atom. The molecule has 0 spiro atoms. The molecule has 0 rings (SSSR count). The van der Waals surface area contributed by atoms with Gasteiger partial charge in [0.1, 0.15) is 11.6 Å². The summed E-state index contributed by atoms with van der Waals surface area (Å²) in [5.74, 6) is -2.61. The molecule has 0 aromatic heterocycles. The zero-order valence-corrected chi connectivity index (χ0v) is 16.1. The summed E-state index contributed by atoms with van der Waals surface area (Å²) in [4.78, 5) is 36.7. The molecule has 1 amide bonds. The van der Waals surface area contributed by atoms with E-state index in [2.05, 4.69) is 5.32 Å². The number of hydrogen-bond donors (Lipinski definition) is 3. The molecule has 0 bridgehead atoms. The van der Waals surface area contributed by atoms with Gasteiger partial charge in [-0.15, -0.1) is 0 Å². The van der Waals surface area contributed by atoms with Crippen molar-refractivity contribution < 1.29 is 24.6 Å². The lowest BCUT2D eigenvalue weighted by molar-refractivity contribution is -0.151. The van der Waals surface area contributed by atoms with Gasteiger partial charge in [0.05, 0.1) is 0 Å². The summed E-state index contributed by atoms with van der Waals surface area (Å²) in [6.07, 6.45) is 0.0434. The molecule has 0 aromatic carbocycles. The van der Waals surface area contributed by atoms with Crippen molar-refractivity contribution >= 4 is 17.8 Å². The van der Waals surface area contributed by atoms with Crippen LogP contribution in [-0.2, 0) is 14.4 Å². The monoisotopic (exact) mass is 344 g/mol. The second kappa shape index (κ2) is 7.51. The maximum Gasteiger partial charge on any atom is 0.328 e. The number of nitrogens with zero attached hydrogens (tertiary/aromatic N) is 1. The van der Waals surface area contributed by atoms with Crippen LogP contribution in [0, 0.1) is 0 Å². The largest absolute Gasteiger partial charge is 0.480 e. The maximum absolute atomic E-state index is 12.0. The van der Waals surface area contributed by atoms with E-state index in [1.165, 1.54) is 13.8 Å². The first kappa shape index (κ1) is 22.4. The number of carbonyl (C=O) groups excluding carboxylic acids is 1. The van der Waals surface area contributed by atoms with E-state index in [0.717, 1.165) is 0 Å². The number of hydrogen-bond acceptors (Lipinski definition) is 4. The molecule has 1 atom stereocenters. The molecule has 0 saturated carbocycles. The SMILES string of the molecule is CC(C)(NC(=O)CC[C@@H](C(=O)O)N(C(C)(C)C)C(C)(C)C)C(=O)O. The molecule has 0 aliphatic carbocycles. The summed E-state index contributed by atoms with van der Waals surface area (Å²) in [5.41, 5.74) is -2.19. The molecular formula is C17H32N2O5. The summed E-state index contributed by atoms with van der Waals surface area (Å²) in [6, 6.07) is -0.844. The van der Waals surface area contributed by atoms with E-state index in [-0.39, 0.29) is 12.8 Å². The Hall–Kier alpha value is -1.63. The highest BCUT2D eigenvalue weighted by Gasteiger charge is 2.40. The average Bonchev–Trinajstić information content (AvgIpc) is 2.29. The molecule has 140 valence electrons. The van der Waals surface area contributed by atoms with Crippen LogP contribution < -0.4 is 5.32 Å². The van der Waals surface area contributed by atoms with Crippen molar-refractivity contribution in [2.75, 3.05) is 0 Å². The Kier molecular flexibility index (Phi) is 7.00. The number of carboxylic acids is 2. The molecule has 3 N–H and O–H groups in total. The zero-order chi connectivity index (χ0) is 19.5. The van der Waals surface area contributed by atoms with Crippen LogP contribution in [0.25, 0.3) is 0 Å². The minimum absolute atomic E-state index is 0.0592. The van der Waals surface area contributed by atoms with Crippen LogP contribution in [0.4, 0.5) is 0 Å². The first-order valence-electron chi connectivity index (χ1n) is 8.07. The number of rotatable bonds is 7.